The number of nitrogens with two attached hydrogens (primary N) is 1. The summed E-state index contributed by atoms with van der Waals surface area (Å²) in [6.07, 6.45) is -3.06. The first kappa shape index (κ1) is 25.7. The Hall–Kier alpha value is -3.52. The highest BCUT2D eigenvalue weighted by Gasteiger charge is 2.44. The van der Waals surface area contributed by atoms with E-state index in [0.717, 1.165) is 18.9 Å². The summed E-state index contributed by atoms with van der Waals surface area (Å²) in [4.78, 5) is 76.9. The van der Waals surface area contributed by atoms with Gasteiger partial charge in [-0.05, 0) is 26.7 Å². The summed E-state index contributed by atoms with van der Waals surface area (Å²) < 4.78 is 5.17. The summed E-state index contributed by atoms with van der Waals surface area (Å²) in [6.45, 7) is 5.93. The lowest BCUT2D eigenvalue weighted by molar-refractivity contribution is -0.189. The maximum absolute atomic E-state index is 12.8. The summed E-state index contributed by atoms with van der Waals surface area (Å²) in [5, 5.41) is 22.5. The van der Waals surface area contributed by atoms with Gasteiger partial charge < -0.3 is 30.7 Å². The molecule has 0 bridgehead atoms. The first-order valence-electron chi connectivity index (χ1n) is 10.1. The molecule has 5 atom stereocenters. The van der Waals surface area contributed by atoms with Crippen molar-refractivity contribution >= 4 is 35.5 Å². The van der Waals surface area contributed by atoms with E-state index in [2.05, 4.69) is 11.9 Å². The zero-order valence-electron chi connectivity index (χ0n) is 18.4. The van der Waals surface area contributed by atoms with Crippen LogP contribution in [0.5, 0.6) is 0 Å². The zero-order valence-corrected chi connectivity index (χ0v) is 18.4. The molecular weight excluding hydrogens is 442 g/mol. The molecule has 2 fully saturated rings. The number of fused-ring (bicyclic) bond motifs is 1. The third kappa shape index (κ3) is 5.12. The molecule has 0 aromatic heterocycles. The van der Waals surface area contributed by atoms with Crippen LogP contribution in [0, 0.1) is 0 Å². The van der Waals surface area contributed by atoms with Gasteiger partial charge in [0.05, 0.1) is 5.70 Å². The third-order valence-corrected chi connectivity index (χ3v) is 5.54. The fraction of sp³-hybridized carbons (Fsp3) is 0.579. The Morgan fingerprint density at radius 2 is 1.82 bits per heavy atom. The number of likely N-dealkylation sites (N-methyl/N-ethyl adjacent to an activating group) is 1. The fourth-order valence-electron chi connectivity index (χ4n) is 3.57. The van der Waals surface area contributed by atoms with Gasteiger partial charge >= 0.3 is 5.97 Å². The lowest BCUT2D eigenvalue weighted by Gasteiger charge is -2.34. The van der Waals surface area contributed by atoms with Crippen LogP contribution < -0.4 is 11.1 Å². The number of hydrogen-bond acceptors (Lipinski definition) is 9. The number of rotatable bonds is 2. The number of esters is 1. The highest BCUT2D eigenvalue weighted by atomic mass is 16.6. The lowest BCUT2D eigenvalue weighted by atomic mass is 10.1. The molecule has 5 N–H and O–H groups in total. The SMILES string of the molecule is C=C1NC(=O)C(C)N(O)C(=O)C(C(O)C(N)=O)N(C)C(=O)C(C)OC(=O)C2CCCN2C1=O. The highest BCUT2D eigenvalue weighted by Crippen LogP contribution is 2.22. The molecule has 5 unspecified atom stereocenters. The number of hydroxylamine groups is 2. The standard InChI is InChI=1S/C19H27N5O9/c1-8-16(28)23-7-5-6-11(23)19(31)33-10(3)17(29)22(4)12(13(25)14(20)26)18(30)24(32)9(2)15(27)21-8/h9-13,25,32H,1,5-7H2,2-4H3,(H2,20,26)(H,21,27). The predicted octanol–water partition coefficient (Wildman–Crippen LogP) is -3.17. The van der Waals surface area contributed by atoms with E-state index >= 15 is 0 Å². The van der Waals surface area contributed by atoms with Crippen LogP contribution in [0.1, 0.15) is 26.7 Å². The second-order valence-corrected chi connectivity index (χ2v) is 7.80. The number of nitrogens with one attached hydrogen (secondary N) is 1. The van der Waals surface area contributed by atoms with Crippen LogP contribution in [-0.2, 0) is 33.5 Å². The average molecular weight is 469 g/mol. The van der Waals surface area contributed by atoms with E-state index in [1.165, 1.54) is 6.92 Å². The average Bonchev–Trinajstić information content (AvgIpc) is 3.25. The van der Waals surface area contributed by atoms with Crippen molar-refractivity contribution in [3.63, 3.8) is 0 Å². The Bertz CT molecular complexity index is 891. The topological polar surface area (TPSA) is 200 Å². The molecule has 0 saturated carbocycles. The van der Waals surface area contributed by atoms with Crippen molar-refractivity contribution in [2.24, 2.45) is 5.73 Å². The maximum atomic E-state index is 12.8. The van der Waals surface area contributed by atoms with E-state index in [1.54, 1.807) is 0 Å². The van der Waals surface area contributed by atoms with E-state index in [9.17, 15) is 39.1 Å². The van der Waals surface area contributed by atoms with Crippen LogP contribution in [0.2, 0.25) is 0 Å². The van der Waals surface area contributed by atoms with E-state index < -0.39 is 71.5 Å². The number of carbonyl (C=O) groups is 6. The van der Waals surface area contributed by atoms with Crippen molar-refractivity contribution in [2.75, 3.05) is 13.6 Å². The van der Waals surface area contributed by atoms with Gasteiger partial charge in [0.25, 0.3) is 17.7 Å². The summed E-state index contributed by atoms with van der Waals surface area (Å²) >= 11 is 0. The van der Waals surface area contributed by atoms with Gasteiger partial charge in [-0.3, -0.25) is 29.2 Å². The molecule has 0 aromatic carbocycles. The van der Waals surface area contributed by atoms with Gasteiger partial charge in [0, 0.05) is 13.6 Å². The number of hydrogen-bond donors (Lipinski definition) is 4. The molecule has 0 radical (unpaired) electrons. The van der Waals surface area contributed by atoms with Crippen LogP contribution in [0.4, 0.5) is 0 Å². The molecule has 2 aliphatic heterocycles. The molecule has 0 aliphatic carbocycles. The minimum atomic E-state index is -2.27. The van der Waals surface area contributed by atoms with Crippen molar-refractivity contribution in [3.05, 3.63) is 12.3 Å². The third-order valence-electron chi connectivity index (χ3n) is 5.54. The van der Waals surface area contributed by atoms with E-state index in [4.69, 9.17) is 10.5 Å². The predicted molar refractivity (Wildman–Crippen MR) is 107 cm³/mol. The van der Waals surface area contributed by atoms with Gasteiger partial charge in [0.2, 0.25) is 11.8 Å². The van der Waals surface area contributed by atoms with Crippen LogP contribution >= 0.6 is 0 Å². The van der Waals surface area contributed by atoms with Gasteiger partial charge in [0.15, 0.2) is 12.2 Å². The molecule has 0 aromatic rings. The highest BCUT2D eigenvalue weighted by molar-refractivity contribution is 6.01. The van der Waals surface area contributed by atoms with Gasteiger partial charge in [0.1, 0.15) is 18.1 Å². The molecule has 5 amide bonds. The summed E-state index contributed by atoms with van der Waals surface area (Å²) in [7, 11) is 1.02. The Labute approximate surface area is 188 Å². The van der Waals surface area contributed by atoms with Crippen molar-refractivity contribution in [2.45, 2.75) is 57.0 Å². The number of aliphatic hydroxyl groups excluding tert-OH is 1. The number of primary amides is 1. The van der Waals surface area contributed by atoms with E-state index in [0.29, 0.717) is 11.3 Å². The van der Waals surface area contributed by atoms with Crippen LogP contribution in [0.25, 0.3) is 0 Å². The zero-order chi connectivity index (χ0) is 25.2. The fourth-order valence-corrected chi connectivity index (χ4v) is 3.57. The first-order chi connectivity index (χ1) is 15.3. The van der Waals surface area contributed by atoms with E-state index in [-0.39, 0.29) is 18.0 Å². The molecule has 182 valence electrons. The molecule has 2 saturated heterocycles. The van der Waals surface area contributed by atoms with Crippen molar-refractivity contribution in [1.29, 1.82) is 0 Å². The Kier molecular flexibility index (Phi) is 7.76. The minimum Gasteiger partial charge on any atom is -0.451 e. The lowest BCUT2D eigenvalue weighted by Crippen LogP contribution is -2.61. The van der Waals surface area contributed by atoms with Gasteiger partial charge in [-0.25, -0.2) is 9.86 Å². The van der Waals surface area contributed by atoms with Crippen molar-refractivity contribution < 1.29 is 43.8 Å². The number of cyclic esters (lactones) is 1. The number of nitrogens with zero attached hydrogens (tertiary/aromatic N) is 3. The maximum Gasteiger partial charge on any atom is 0.329 e. The smallest absolute Gasteiger partial charge is 0.329 e. The Morgan fingerprint density at radius 1 is 1.21 bits per heavy atom. The number of aliphatic hydroxyl groups is 1. The van der Waals surface area contributed by atoms with Gasteiger partial charge in [-0.15, -0.1) is 0 Å². The second kappa shape index (κ2) is 9.95. The van der Waals surface area contributed by atoms with Crippen LogP contribution in [0.15, 0.2) is 12.3 Å². The van der Waals surface area contributed by atoms with Crippen molar-refractivity contribution in [3.8, 4) is 0 Å². The molecule has 2 rings (SSSR count). The van der Waals surface area contributed by atoms with Crippen LogP contribution in [0.3, 0.4) is 0 Å². The molecule has 2 heterocycles. The molecule has 33 heavy (non-hydrogen) atoms. The monoisotopic (exact) mass is 469 g/mol. The summed E-state index contributed by atoms with van der Waals surface area (Å²) in [5.41, 5.74) is 4.66. The quantitative estimate of drug-likeness (QED) is 0.183. The van der Waals surface area contributed by atoms with Crippen molar-refractivity contribution in [1.82, 2.24) is 20.2 Å². The van der Waals surface area contributed by atoms with Gasteiger partial charge in [-0.1, -0.05) is 6.58 Å². The summed E-state index contributed by atoms with van der Waals surface area (Å²) in [5.74, 6) is -6.54. The van der Waals surface area contributed by atoms with E-state index in [1.807, 2.05) is 0 Å². The van der Waals surface area contributed by atoms with Gasteiger partial charge in [-0.2, -0.15) is 0 Å². The normalized spacial score (nSPS) is 29.2. The number of amides is 5. The Balaban J connectivity index is 2.51. The molecular formula is C19H27N5O9. The molecule has 0 spiro atoms. The Morgan fingerprint density at radius 3 is 2.39 bits per heavy atom. The molecule has 14 heteroatoms. The largest absolute Gasteiger partial charge is 0.451 e. The number of ether oxygens (including phenoxy) is 1. The van der Waals surface area contributed by atoms with Crippen LogP contribution in [-0.4, -0.2) is 105 Å². The molecule has 2 aliphatic rings. The molecule has 14 nitrogen and oxygen atoms in total. The number of carbonyl (C=O) groups excluding carboxylic acids is 6. The summed E-state index contributed by atoms with van der Waals surface area (Å²) in [6, 6.07) is -4.73. The first-order valence-corrected chi connectivity index (χ1v) is 10.1. The second-order valence-electron chi connectivity index (χ2n) is 7.80. The minimum absolute atomic E-state index is 0.108.